The van der Waals surface area contributed by atoms with Gasteiger partial charge in [-0.25, -0.2) is 4.99 Å². The summed E-state index contributed by atoms with van der Waals surface area (Å²) < 4.78 is 0. The second-order valence-corrected chi connectivity index (χ2v) is 6.16. The van der Waals surface area contributed by atoms with Gasteiger partial charge >= 0.3 is 0 Å². The average Bonchev–Trinajstić information content (AvgIpc) is 2.90. The van der Waals surface area contributed by atoms with Crippen molar-refractivity contribution in [2.45, 2.75) is 19.4 Å². The number of rotatable bonds is 4. The minimum Gasteiger partial charge on any atom is -0.330 e. The van der Waals surface area contributed by atoms with Crippen molar-refractivity contribution in [2.24, 2.45) is 10.7 Å². The van der Waals surface area contributed by atoms with Crippen LogP contribution in [-0.4, -0.2) is 29.1 Å². The van der Waals surface area contributed by atoms with Crippen molar-refractivity contribution in [1.82, 2.24) is 4.90 Å². The average molecular weight is 334 g/mol. The van der Waals surface area contributed by atoms with E-state index >= 15 is 0 Å². The zero-order valence-corrected chi connectivity index (χ0v) is 13.7. The van der Waals surface area contributed by atoms with Crippen molar-refractivity contribution < 1.29 is 9.59 Å². The first-order valence-electron chi connectivity index (χ1n) is 8.30. The Morgan fingerprint density at radius 1 is 1.20 bits per heavy atom. The minimum atomic E-state index is -0.0601. The Balaban J connectivity index is 1.62. The molecule has 0 fully saturated rings. The van der Waals surface area contributed by atoms with Crippen molar-refractivity contribution in [1.29, 1.82) is 0 Å². The molecule has 2 amide bonds. The normalized spacial score (nSPS) is 14.5. The molecule has 0 spiro atoms. The van der Waals surface area contributed by atoms with Gasteiger partial charge < -0.3 is 11.1 Å². The Bertz CT molecular complexity index is 904. The van der Waals surface area contributed by atoms with Crippen LogP contribution in [0.15, 0.2) is 47.5 Å². The summed E-state index contributed by atoms with van der Waals surface area (Å²) in [5, 5.41) is 2.87. The van der Waals surface area contributed by atoms with Crippen LogP contribution < -0.4 is 11.1 Å². The molecule has 126 valence electrons. The van der Waals surface area contributed by atoms with Crippen LogP contribution in [-0.2, 0) is 11.3 Å². The van der Waals surface area contributed by atoms with Gasteiger partial charge in [0.1, 0.15) is 5.84 Å². The van der Waals surface area contributed by atoms with E-state index in [1.165, 1.54) is 0 Å². The van der Waals surface area contributed by atoms with E-state index in [2.05, 4.69) is 10.3 Å². The summed E-state index contributed by atoms with van der Waals surface area (Å²) in [6.07, 6.45) is 1.06. The number of benzene rings is 2. The number of carbonyl (C=O) groups excluding carboxylic acids is 2. The van der Waals surface area contributed by atoms with Gasteiger partial charge in [0.15, 0.2) is 0 Å². The van der Waals surface area contributed by atoms with E-state index in [0.717, 1.165) is 16.8 Å². The molecule has 2 aromatic rings. The van der Waals surface area contributed by atoms with Crippen LogP contribution in [0.3, 0.4) is 0 Å². The highest BCUT2D eigenvalue weighted by atomic mass is 16.2. The van der Waals surface area contributed by atoms with Crippen LogP contribution in [0.5, 0.6) is 0 Å². The Labute approximate surface area is 145 Å². The van der Waals surface area contributed by atoms with Gasteiger partial charge in [-0.05, 0) is 42.8 Å². The smallest absolute Gasteiger partial charge is 0.260 e. The molecule has 3 N–H and O–H groups in total. The van der Waals surface area contributed by atoms with Crippen molar-refractivity contribution in [3.05, 3.63) is 59.2 Å². The number of hydrogen-bond donors (Lipinski definition) is 2. The molecule has 2 heterocycles. The van der Waals surface area contributed by atoms with E-state index < -0.39 is 0 Å². The molecule has 25 heavy (non-hydrogen) atoms. The van der Waals surface area contributed by atoms with Gasteiger partial charge in [0, 0.05) is 17.7 Å². The molecule has 2 aliphatic heterocycles. The molecule has 0 bridgehead atoms. The number of carbonyl (C=O) groups is 2. The molecular formula is C19H18N4O2. The topological polar surface area (TPSA) is 87.8 Å². The zero-order chi connectivity index (χ0) is 17.4. The summed E-state index contributed by atoms with van der Waals surface area (Å²) in [7, 11) is 0. The monoisotopic (exact) mass is 334 g/mol. The zero-order valence-electron chi connectivity index (χ0n) is 13.7. The van der Waals surface area contributed by atoms with Crippen LogP contribution in [0.2, 0.25) is 0 Å². The number of nitrogens with two attached hydrogens (primary N) is 1. The third-order valence-corrected chi connectivity index (χ3v) is 4.43. The molecule has 0 saturated carbocycles. The molecule has 6 heteroatoms. The molecule has 0 aromatic heterocycles. The summed E-state index contributed by atoms with van der Waals surface area (Å²) in [6, 6.07) is 13.1. The van der Waals surface area contributed by atoms with Crippen molar-refractivity contribution in [2.75, 3.05) is 11.9 Å². The van der Waals surface area contributed by atoms with Gasteiger partial charge in [-0.1, -0.05) is 18.2 Å². The first-order chi connectivity index (χ1) is 12.2. The van der Waals surface area contributed by atoms with Crippen LogP contribution in [0.25, 0.3) is 0 Å². The number of fused-ring (bicyclic) bond motifs is 4. The van der Waals surface area contributed by atoms with Crippen LogP contribution in [0.4, 0.5) is 11.4 Å². The minimum absolute atomic E-state index is 0.0302. The fourth-order valence-electron chi connectivity index (χ4n) is 3.19. The quantitative estimate of drug-likeness (QED) is 0.900. The number of hydrogen-bond acceptors (Lipinski definition) is 4. The molecule has 4 rings (SSSR count). The lowest BCUT2D eigenvalue weighted by molar-refractivity contribution is -0.116. The van der Waals surface area contributed by atoms with E-state index in [9.17, 15) is 9.59 Å². The summed E-state index contributed by atoms with van der Waals surface area (Å²) in [6.45, 7) is 0.945. The fraction of sp³-hybridized carbons (Fsp3) is 0.211. The van der Waals surface area contributed by atoms with E-state index in [1.54, 1.807) is 4.90 Å². The third kappa shape index (κ3) is 2.70. The number of anilines is 1. The maximum Gasteiger partial charge on any atom is 0.260 e. The number of amidine groups is 1. The van der Waals surface area contributed by atoms with Gasteiger partial charge in [0.25, 0.3) is 5.91 Å². The molecule has 0 radical (unpaired) electrons. The van der Waals surface area contributed by atoms with Gasteiger partial charge in [-0.3, -0.25) is 14.5 Å². The van der Waals surface area contributed by atoms with Gasteiger partial charge in [0.2, 0.25) is 5.91 Å². The standard InChI is InChI=1S/C19H18N4O2/c20-9-3-6-17(24)21-13-7-8-16-12(10-13)11-23-18(22-16)14-4-1-2-5-15(14)19(23)25/h1-2,4-5,7-8,10H,3,6,9,11,20H2,(H,21,24). The first kappa shape index (κ1) is 15.5. The van der Waals surface area contributed by atoms with Gasteiger partial charge in [-0.2, -0.15) is 0 Å². The van der Waals surface area contributed by atoms with Crippen molar-refractivity contribution in [3.63, 3.8) is 0 Å². The third-order valence-electron chi connectivity index (χ3n) is 4.43. The summed E-state index contributed by atoms with van der Waals surface area (Å²) in [5.74, 6) is 0.611. The molecular weight excluding hydrogens is 316 g/mol. The van der Waals surface area contributed by atoms with E-state index in [-0.39, 0.29) is 11.8 Å². The lowest BCUT2D eigenvalue weighted by atomic mass is 10.1. The number of amides is 2. The molecule has 2 aliphatic rings. The van der Waals surface area contributed by atoms with E-state index in [0.29, 0.717) is 43.0 Å². The lowest BCUT2D eigenvalue weighted by Crippen LogP contribution is -2.31. The summed E-state index contributed by atoms with van der Waals surface area (Å²) >= 11 is 0. The largest absolute Gasteiger partial charge is 0.330 e. The number of aliphatic imine (C=N–C) groups is 1. The highest BCUT2D eigenvalue weighted by molar-refractivity contribution is 6.24. The van der Waals surface area contributed by atoms with Gasteiger partial charge in [0.05, 0.1) is 17.8 Å². The first-order valence-corrected chi connectivity index (χ1v) is 8.30. The highest BCUT2D eigenvalue weighted by Crippen LogP contribution is 2.35. The van der Waals surface area contributed by atoms with Crippen molar-refractivity contribution >= 4 is 29.0 Å². The molecule has 6 nitrogen and oxygen atoms in total. The summed E-state index contributed by atoms with van der Waals surface area (Å²) in [5.41, 5.74) is 9.44. The molecule has 0 saturated heterocycles. The predicted octanol–water partition coefficient (Wildman–Crippen LogP) is 2.41. The Kier molecular flexibility index (Phi) is 3.82. The van der Waals surface area contributed by atoms with Crippen LogP contribution >= 0.6 is 0 Å². The fourth-order valence-corrected chi connectivity index (χ4v) is 3.19. The summed E-state index contributed by atoms with van der Waals surface area (Å²) in [4.78, 5) is 30.8. The Morgan fingerprint density at radius 3 is 2.80 bits per heavy atom. The molecule has 2 aromatic carbocycles. The molecule has 0 atom stereocenters. The maximum absolute atomic E-state index is 12.6. The number of nitrogens with zero attached hydrogens (tertiary/aromatic N) is 2. The second kappa shape index (κ2) is 6.14. The molecule has 0 aliphatic carbocycles. The number of nitrogens with one attached hydrogen (secondary N) is 1. The van der Waals surface area contributed by atoms with Gasteiger partial charge in [-0.15, -0.1) is 0 Å². The second-order valence-electron chi connectivity index (χ2n) is 6.16. The van der Waals surface area contributed by atoms with E-state index in [4.69, 9.17) is 5.73 Å². The van der Waals surface area contributed by atoms with Crippen LogP contribution in [0.1, 0.15) is 34.3 Å². The lowest BCUT2D eigenvalue weighted by Gasteiger charge is -2.23. The molecule has 0 unspecified atom stereocenters. The highest BCUT2D eigenvalue weighted by Gasteiger charge is 2.36. The SMILES string of the molecule is NCCCC(=O)Nc1ccc2c(c1)CN1C(=O)c3ccccc3C1=N2. The maximum atomic E-state index is 12.6. The Hall–Kier alpha value is -2.99. The van der Waals surface area contributed by atoms with Crippen molar-refractivity contribution in [3.8, 4) is 0 Å². The van der Waals surface area contributed by atoms with Crippen LogP contribution in [0, 0.1) is 0 Å². The predicted molar refractivity (Wildman–Crippen MR) is 95.9 cm³/mol. The van der Waals surface area contributed by atoms with E-state index in [1.807, 2.05) is 42.5 Å². The Morgan fingerprint density at radius 2 is 2.00 bits per heavy atom.